The van der Waals surface area contributed by atoms with Gasteiger partial charge in [-0.2, -0.15) is 0 Å². The molecule has 0 unspecified atom stereocenters. The van der Waals surface area contributed by atoms with Gasteiger partial charge in [-0.3, -0.25) is 9.78 Å². The molecular formula is C20H14ClN3O3S. The van der Waals surface area contributed by atoms with Crippen LogP contribution in [0.2, 0.25) is 5.02 Å². The zero-order valence-corrected chi connectivity index (χ0v) is 16.0. The number of nitrogens with two attached hydrogens (primary N) is 1. The quantitative estimate of drug-likeness (QED) is 0.498. The van der Waals surface area contributed by atoms with Crippen LogP contribution in [0.5, 0.6) is 0 Å². The Morgan fingerprint density at radius 2 is 1.68 bits per heavy atom. The van der Waals surface area contributed by atoms with Gasteiger partial charge in [0.2, 0.25) is 10.0 Å². The van der Waals surface area contributed by atoms with Crippen molar-refractivity contribution in [3.05, 3.63) is 83.3 Å². The minimum Gasteiger partial charge on any atom is -0.361 e. The number of nitrogens with zero attached hydrogens (tertiary/aromatic N) is 1. The summed E-state index contributed by atoms with van der Waals surface area (Å²) in [4.78, 5) is 19.8. The molecule has 4 aromatic rings. The summed E-state index contributed by atoms with van der Waals surface area (Å²) in [5, 5.41) is 6.10. The molecule has 2 aromatic carbocycles. The number of benzene rings is 2. The van der Waals surface area contributed by atoms with E-state index in [1.54, 1.807) is 24.5 Å². The number of aromatic nitrogens is 2. The molecule has 2 aromatic heterocycles. The highest BCUT2D eigenvalue weighted by Crippen LogP contribution is 2.30. The van der Waals surface area contributed by atoms with Gasteiger partial charge in [0.1, 0.15) is 4.90 Å². The summed E-state index contributed by atoms with van der Waals surface area (Å²) < 4.78 is 23.3. The number of carbonyl (C=O) groups is 1. The molecule has 0 spiro atoms. The number of primary sulfonamides is 1. The van der Waals surface area contributed by atoms with Crippen molar-refractivity contribution < 1.29 is 13.2 Å². The van der Waals surface area contributed by atoms with Crippen LogP contribution in [0.15, 0.2) is 72.0 Å². The Morgan fingerprint density at radius 1 is 1.00 bits per heavy atom. The first-order chi connectivity index (χ1) is 13.3. The molecule has 0 saturated heterocycles. The van der Waals surface area contributed by atoms with E-state index in [2.05, 4.69) is 9.97 Å². The minimum atomic E-state index is -4.03. The number of aromatic amines is 1. The topological polar surface area (TPSA) is 106 Å². The second-order valence-corrected chi connectivity index (χ2v) is 8.15. The van der Waals surface area contributed by atoms with Gasteiger partial charge >= 0.3 is 0 Å². The van der Waals surface area contributed by atoms with Crippen molar-refractivity contribution in [2.75, 3.05) is 0 Å². The lowest BCUT2D eigenvalue weighted by molar-refractivity contribution is 0.103. The predicted octanol–water partition coefficient (Wildman–Crippen LogP) is 3.76. The SMILES string of the molecule is NS(=O)(=O)c1cc(C(=O)c2ccc3c(-c4ccncc4)c[nH]c3c2)ccc1Cl. The maximum absolute atomic E-state index is 12.9. The molecule has 2 heterocycles. The van der Waals surface area contributed by atoms with Gasteiger partial charge < -0.3 is 4.98 Å². The second kappa shape index (κ2) is 6.87. The Bertz CT molecular complexity index is 1320. The van der Waals surface area contributed by atoms with Gasteiger partial charge in [-0.05, 0) is 42.0 Å². The van der Waals surface area contributed by atoms with E-state index < -0.39 is 10.0 Å². The lowest BCUT2D eigenvalue weighted by atomic mass is 10.00. The molecule has 28 heavy (non-hydrogen) atoms. The maximum atomic E-state index is 12.9. The van der Waals surface area contributed by atoms with E-state index in [0.29, 0.717) is 5.56 Å². The van der Waals surface area contributed by atoms with Crippen molar-refractivity contribution in [3.63, 3.8) is 0 Å². The summed E-state index contributed by atoms with van der Waals surface area (Å²) in [6.45, 7) is 0. The number of carbonyl (C=O) groups excluding carboxylic acids is 1. The van der Waals surface area contributed by atoms with Crippen LogP contribution in [0.3, 0.4) is 0 Å². The van der Waals surface area contributed by atoms with Crippen molar-refractivity contribution in [3.8, 4) is 11.1 Å². The molecule has 4 rings (SSSR count). The van der Waals surface area contributed by atoms with Crippen LogP contribution < -0.4 is 5.14 Å². The van der Waals surface area contributed by atoms with Crippen LogP contribution in [0.4, 0.5) is 0 Å². The number of H-pyrrole nitrogens is 1. The average Bonchev–Trinajstić information content (AvgIpc) is 3.11. The average molecular weight is 412 g/mol. The fourth-order valence-corrected chi connectivity index (χ4v) is 4.14. The number of ketones is 1. The van der Waals surface area contributed by atoms with Gasteiger partial charge in [0.25, 0.3) is 0 Å². The third-order valence-electron chi connectivity index (χ3n) is 4.44. The lowest BCUT2D eigenvalue weighted by Crippen LogP contribution is -2.14. The summed E-state index contributed by atoms with van der Waals surface area (Å²) in [5.74, 6) is -0.330. The number of sulfonamides is 1. The number of fused-ring (bicyclic) bond motifs is 1. The molecule has 0 atom stereocenters. The third kappa shape index (κ3) is 3.31. The Hall–Kier alpha value is -3.00. The summed E-state index contributed by atoms with van der Waals surface area (Å²) >= 11 is 5.89. The van der Waals surface area contributed by atoms with Gasteiger partial charge in [-0.1, -0.05) is 23.7 Å². The summed E-state index contributed by atoms with van der Waals surface area (Å²) in [7, 11) is -4.03. The molecular weight excluding hydrogens is 398 g/mol. The van der Waals surface area contributed by atoms with Crippen molar-refractivity contribution in [1.29, 1.82) is 0 Å². The zero-order valence-electron chi connectivity index (χ0n) is 14.4. The normalized spacial score (nSPS) is 11.6. The molecule has 8 heteroatoms. The van der Waals surface area contributed by atoms with Gasteiger partial charge in [0, 0.05) is 46.2 Å². The van der Waals surface area contributed by atoms with Crippen LogP contribution in [0, 0.1) is 0 Å². The van der Waals surface area contributed by atoms with Crippen molar-refractivity contribution in [2.24, 2.45) is 5.14 Å². The molecule has 0 saturated carbocycles. The van der Waals surface area contributed by atoms with E-state index in [-0.39, 0.29) is 21.3 Å². The van der Waals surface area contributed by atoms with Gasteiger partial charge in [0.15, 0.2) is 5.78 Å². The largest absolute Gasteiger partial charge is 0.361 e. The van der Waals surface area contributed by atoms with Crippen LogP contribution in [-0.4, -0.2) is 24.2 Å². The third-order valence-corrected chi connectivity index (χ3v) is 5.83. The van der Waals surface area contributed by atoms with Gasteiger partial charge in [-0.25, -0.2) is 13.6 Å². The molecule has 0 aliphatic rings. The molecule has 0 amide bonds. The highest BCUT2D eigenvalue weighted by molar-refractivity contribution is 7.89. The summed E-state index contributed by atoms with van der Waals surface area (Å²) in [6.07, 6.45) is 5.31. The van der Waals surface area contributed by atoms with Crippen LogP contribution in [0.25, 0.3) is 22.0 Å². The summed E-state index contributed by atoms with van der Waals surface area (Å²) in [5.41, 5.74) is 3.40. The molecule has 6 nitrogen and oxygen atoms in total. The second-order valence-electron chi connectivity index (χ2n) is 6.22. The van der Waals surface area contributed by atoms with E-state index >= 15 is 0 Å². The van der Waals surface area contributed by atoms with Gasteiger partial charge in [0.05, 0.1) is 5.02 Å². The number of hydrogen-bond donors (Lipinski definition) is 2. The Balaban J connectivity index is 1.75. The number of hydrogen-bond acceptors (Lipinski definition) is 4. The van der Waals surface area contributed by atoms with Crippen LogP contribution >= 0.6 is 11.6 Å². The fourth-order valence-electron chi connectivity index (χ4n) is 3.07. The molecule has 0 fully saturated rings. The standard InChI is InChI=1S/C20H14ClN3O3S/c21-17-4-2-14(10-19(17)28(22,26)27)20(25)13-1-3-15-16(11-24-18(15)9-13)12-5-7-23-8-6-12/h1-11,24H,(H2,22,26,27). The smallest absolute Gasteiger partial charge is 0.239 e. The van der Waals surface area contributed by atoms with Crippen molar-refractivity contribution in [2.45, 2.75) is 4.90 Å². The highest BCUT2D eigenvalue weighted by Gasteiger charge is 2.18. The van der Waals surface area contributed by atoms with E-state index in [4.69, 9.17) is 16.7 Å². The monoisotopic (exact) mass is 411 g/mol. The zero-order chi connectivity index (χ0) is 19.9. The Morgan fingerprint density at radius 3 is 2.39 bits per heavy atom. The molecule has 0 aliphatic heterocycles. The summed E-state index contributed by atoms with van der Waals surface area (Å²) in [6, 6.07) is 13.1. The number of halogens is 1. The lowest BCUT2D eigenvalue weighted by Gasteiger charge is -2.06. The molecule has 140 valence electrons. The fraction of sp³-hybridized carbons (Fsp3) is 0. The van der Waals surface area contributed by atoms with Crippen molar-refractivity contribution >= 4 is 38.3 Å². The number of rotatable bonds is 4. The molecule has 0 aliphatic carbocycles. The first-order valence-electron chi connectivity index (χ1n) is 8.23. The van der Waals surface area contributed by atoms with Crippen molar-refractivity contribution in [1.82, 2.24) is 9.97 Å². The van der Waals surface area contributed by atoms with Gasteiger partial charge in [-0.15, -0.1) is 0 Å². The predicted molar refractivity (Wildman–Crippen MR) is 108 cm³/mol. The van der Waals surface area contributed by atoms with E-state index in [1.165, 1.54) is 18.2 Å². The molecule has 3 N–H and O–H groups in total. The van der Waals surface area contributed by atoms with E-state index in [1.807, 2.05) is 24.4 Å². The number of nitrogens with one attached hydrogen (secondary N) is 1. The molecule has 0 radical (unpaired) electrons. The van der Waals surface area contributed by atoms with Crippen LogP contribution in [0.1, 0.15) is 15.9 Å². The Kier molecular flexibility index (Phi) is 4.50. The minimum absolute atomic E-state index is 0.0270. The van der Waals surface area contributed by atoms with E-state index in [0.717, 1.165) is 22.0 Å². The van der Waals surface area contributed by atoms with Crippen LogP contribution in [-0.2, 0) is 10.0 Å². The van der Waals surface area contributed by atoms with E-state index in [9.17, 15) is 13.2 Å². The first-order valence-corrected chi connectivity index (χ1v) is 10.2. The first kappa shape index (κ1) is 18.4. The highest BCUT2D eigenvalue weighted by atomic mass is 35.5. The molecule has 0 bridgehead atoms. The number of pyridine rings is 1. The maximum Gasteiger partial charge on any atom is 0.239 e. The Labute approximate surface area is 166 Å².